The first-order valence-electron chi connectivity index (χ1n) is 8.96. The molecule has 0 radical (unpaired) electrons. The largest absolute Gasteiger partial charge is 0.470 e. The summed E-state index contributed by atoms with van der Waals surface area (Å²) in [6, 6.07) is 9.51. The predicted octanol–water partition coefficient (Wildman–Crippen LogP) is 3.40. The fraction of sp³-hybridized carbons (Fsp3) is 0.316. The van der Waals surface area contributed by atoms with Crippen LogP contribution in [0.4, 0.5) is 0 Å². The molecule has 138 valence electrons. The van der Waals surface area contributed by atoms with Gasteiger partial charge in [0, 0.05) is 17.8 Å². The summed E-state index contributed by atoms with van der Waals surface area (Å²) < 4.78 is 12.8. The topological polar surface area (TPSA) is 91.2 Å². The molecular formula is C19H20N6O2. The molecule has 0 saturated heterocycles. The van der Waals surface area contributed by atoms with Crippen LogP contribution in [0.2, 0.25) is 0 Å². The van der Waals surface area contributed by atoms with Crippen LogP contribution in [0.15, 0.2) is 41.1 Å². The molecule has 0 bridgehead atoms. The molecule has 0 amide bonds. The van der Waals surface area contributed by atoms with Gasteiger partial charge < -0.3 is 9.26 Å². The standard InChI is InChI=1S/C19H20N6O2/c1-3-4-7-14-11-17-21-22-18(16-10-13(2)27-24-16)25(17)23-19(14)26-12-15-8-5-6-9-20-15/h5-6,8-11H,3-4,7,12H2,1-2H3. The summed E-state index contributed by atoms with van der Waals surface area (Å²) in [6.07, 6.45) is 4.74. The fourth-order valence-electron chi connectivity index (χ4n) is 2.78. The van der Waals surface area contributed by atoms with E-state index in [2.05, 4.69) is 32.4 Å². The zero-order valence-electron chi connectivity index (χ0n) is 15.3. The van der Waals surface area contributed by atoms with Gasteiger partial charge in [0.25, 0.3) is 0 Å². The number of fused-ring (bicyclic) bond motifs is 1. The molecule has 4 heterocycles. The number of aryl methyl sites for hydroxylation is 2. The smallest absolute Gasteiger partial charge is 0.235 e. The molecule has 0 aliphatic carbocycles. The van der Waals surface area contributed by atoms with Crippen molar-refractivity contribution in [3.63, 3.8) is 0 Å². The van der Waals surface area contributed by atoms with Crippen LogP contribution >= 0.6 is 0 Å². The highest BCUT2D eigenvalue weighted by Crippen LogP contribution is 2.24. The molecule has 0 saturated carbocycles. The Balaban J connectivity index is 1.71. The Morgan fingerprint density at radius 2 is 2.11 bits per heavy atom. The summed E-state index contributed by atoms with van der Waals surface area (Å²) in [4.78, 5) is 4.30. The monoisotopic (exact) mass is 364 g/mol. The van der Waals surface area contributed by atoms with Gasteiger partial charge in [0.05, 0.1) is 5.69 Å². The van der Waals surface area contributed by atoms with Gasteiger partial charge in [-0.3, -0.25) is 4.98 Å². The van der Waals surface area contributed by atoms with E-state index in [-0.39, 0.29) is 0 Å². The first-order chi connectivity index (χ1) is 13.2. The molecule has 0 aromatic carbocycles. The van der Waals surface area contributed by atoms with Crippen LogP contribution in [0, 0.1) is 6.92 Å². The Morgan fingerprint density at radius 1 is 1.19 bits per heavy atom. The van der Waals surface area contributed by atoms with E-state index in [4.69, 9.17) is 9.26 Å². The van der Waals surface area contributed by atoms with E-state index in [1.165, 1.54) is 0 Å². The Hall–Kier alpha value is -3.29. The molecule has 0 unspecified atom stereocenters. The molecule has 4 aromatic rings. The van der Waals surface area contributed by atoms with Crippen LogP contribution in [0.5, 0.6) is 5.88 Å². The minimum atomic E-state index is 0.346. The zero-order chi connectivity index (χ0) is 18.6. The van der Waals surface area contributed by atoms with Gasteiger partial charge in [0.2, 0.25) is 11.7 Å². The minimum Gasteiger partial charge on any atom is -0.470 e. The minimum absolute atomic E-state index is 0.346. The van der Waals surface area contributed by atoms with E-state index in [9.17, 15) is 0 Å². The van der Waals surface area contributed by atoms with E-state index >= 15 is 0 Å². The molecule has 0 fully saturated rings. The van der Waals surface area contributed by atoms with Crippen LogP contribution in [-0.2, 0) is 13.0 Å². The maximum Gasteiger partial charge on any atom is 0.235 e. The third-order valence-electron chi connectivity index (χ3n) is 4.17. The third-order valence-corrected chi connectivity index (χ3v) is 4.17. The normalized spacial score (nSPS) is 11.2. The molecule has 0 N–H and O–H groups in total. The molecule has 4 aromatic heterocycles. The average Bonchev–Trinajstić information content (AvgIpc) is 3.30. The van der Waals surface area contributed by atoms with E-state index in [1.807, 2.05) is 31.2 Å². The highest BCUT2D eigenvalue weighted by molar-refractivity contribution is 5.55. The number of ether oxygens (including phenoxy) is 1. The predicted molar refractivity (Wildman–Crippen MR) is 98.2 cm³/mol. The SMILES string of the molecule is CCCCc1cc2nnc(-c3cc(C)on3)n2nc1OCc1ccccn1. The summed E-state index contributed by atoms with van der Waals surface area (Å²) in [5.41, 5.74) is 3.10. The molecule has 8 heteroatoms. The van der Waals surface area contributed by atoms with E-state index in [1.54, 1.807) is 16.8 Å². The lowest BCUT2D eigenvalue weighted by Crippen LogP contribution is -2.06. The molecule has 0 atom stereocenters. The number of rotatable bonds is 7. The first-order valence-corrected chi connectivity index (χ1v) is 8.96. The third kappa shape index (κ3) is 3.64. The summed E-state index contributed by atoms with van der Waals surface area (Å²) in [5, 5.41) is 17.1. The van der Waals surface area contributed by atoms with Crippen molar-refractivity contribution in [2.75, 3.05) is 0 Å². The summed E-state index contributed by atoms with van der Waals surface area (Å²) in [5.74, 6) is 1.78. The highest BCUT2D eigenvalue weighted by atomic mass is 16.5. The molecule has 0 aliphatic heterocycles. The number of aromatic nitrogens is 6. The summed E-state index contributed by atoms with van der Waals surface area (Å²) >= 11 is 0. The zero-order valence-corrected chi connectivity index (χ0v) is 15.3. The van der Waals surface area contributed by atoms with E-state index in [0.717, 1.165) is 30.5 Å². The molecule has 0 spiro atoms. The quantitative estimate of drug-likeness (QED) is 0.496. The highest BCUT2D eigenvalue weighted by Gasteiger charge is 2.17. The van der Waals surface area contributed by atoms with Gasteiger partial charge in [-0.15, -0.1) is 15.3 Å². The van der Waals surface area contributed by atoms with Gasteiger partial charge in [-0.1, -0.05) is 24.6 Å². The van der Waals surface area contributed by atoms with Gasteiger partial charge >= 0.3 is 0 Å². The first kappa shape index (κ1) is 17.1. The van der Waals surface area contributed by atoms with Crippen LogP contribution < -0.4 is 4.74 Å². The number of hydrogen-bond donors (Lipinski definition) is 0. The number of pyridine rings is 1. The van der Waals surface area contributed by atoms with Crippen LogP contribution in [0.1, 0.15) is 36.8 Å². The summed E-state index contributed by atoms with van der Waals surface area (Å²) in [7, 11) is 0. The van der Waals surface area contributed by atoms with Crippen LogP contribution in [0.25, 0.3) is 17.2 Å². The number of unbranched alkanes of at least 4 members (excludes halogenated alkanes) is 1. The Bertz CT molecular complexity index is 1040. The molecule has 4 rings (SSSR count). The fourth-order valence-corrected chi connectivity index (χ4v) is 2.78. The second kappa shape index (κ2) is 7.53. The van der Waals surface area contributed by atoms with Crippen molar-refractivity contribution >= 4 is 5.65 Å². The molecular weight excluding hydrogens is 344 g/mol. The van der Waals surface area contributed by atoms with Crippen molar-refractivity contribution < 1.29 is 9.26 Å². The molecule has 27 heavy (non-hydrogen) atoms. The van der Waals surface area contributed by atoms with Gasteiger partial charge in [0.1, 0.15) is 12.4 Å². The lowest BCUT2D eigenvalue weighted by molar-refractivity contribution is 0.281. The number of hydrogen-bond acceptors (Lipinski definition) is 7. The maximum absolute atomic E-state index is 6.00. The van der Waals surface area contributed by atoms with Crippen LogP contribution in [-0.4, -0.2) is 30.0 Å². The van der Waals surface area contributed by atoms with Crippen molar-refractivity contribution in [2.45, 2.75) is 39.7 Å². The molecule has 0 aliphatic rings. The Morgan fingerprint density at radius 3 is 2.85 bits per heavy atom. The molecule has 8 nitrogen and oxygen atoms in total. The second-order valence-electron chi connectivity index (χ2n) is 6.30. The second-order valence-corrected chi connectivity index (χ2v) is 6.30. The lowest BCUT2D eigenvalue weighted by Gasteiger charge is -2.10. The van der Waals surface area contributed by atoms with Crippen LogP contribution in [0.3, 0.4) is 0 Å². The van der Waals surface area contributed by atoms with Gasteiger partial charge in [-0.2, -0.15) is 4.52 Å². The Labute approximate surface area is 156 Å². The number of nitrogens with zero attached hydrogens (tertiary/aromatic N) is 6. The summed E-state index contributed by atoms with van der Waals surface area (Å²) in [6.45, 7) is 4.33. The average molecular weight is 364 g/mol. The Kier molecular flexibility index (Phi) is 4.78. The lowest BCUT2D eigenvalue weighted by atomic mass is 10.1. The van der Waals surface area contributed by atoms with Gasteiger partial charge in [0.15, 0.2) is 11.3 Å². The van der Waals surface area contributed by atoms with Crippen molar-refractivity contribution in [1.29, 1.82) is 0 Å². The van der Waals surface area contributed by atoms with E-state index < -0.39 is 0 Å². The maximum atomic E-state index is 6.00. The van der Waals surface area contributed by atoms with Gasteiger partial charge in [-0.25, -0.2) is 0 Å². The van der Waals surface area contributed by atoms with Crippen molar-refractivity contribution in [3.8, 4) is 17.4 Å². The van der Waals surface area contributed by atoms with E-state index in [0.29, 0.717) is 35.4 Å². The van der Waals surface area contributed by atoms with Crippen molar-refractivity contribution in [3.05, 3.63) is 53.5 Å². The van der Waals surface area contributed by atoms with Gasteiger partial charge in [-0.05, 0) is 38.0 Å². The van der Waals surface area contributed by atoms with Crippen molar-refractivity contribution in [2.24, 2.45) is 0 Å². The van der Waals surface area contributed by atoms with Crippen molar-refractivity contribution in [1.82, 2.24) is 30.0 Å².